The van der Waals surface area contributed by atoms with E-state index in [0.717, 1.165) is 24.9 Å². The number of carbonyl (C=O) groups excluding carboxylic acids is 1. The molecule has 0 aliphatic rings. The van der Waals surface area contributed by atoms with Crippen LogP contribution in [0.15, 0.2) is 24.3 Å². The lowest BCUT2D eigenvalue weighted by Gasteiger charge is -2.11. The standard InChI is InChI=1S/C15H21F2NO2/c1-15(16,17)14(19)11-20-13-8-6-12(7-9-13)5-4-10-18(2)3/h6-9H,4-5,10-11H2,1-3H3. The van der Waals surface area contributed by atoms with Crippen LogP contribution < -0.4 is 4.74 Å². The molecule has 0 saturated heterocycles. The SMILES string of the molecule is CN(C)CCCc1ccc(OCC(=O)C(C)(F)F)cc1. The molecule has 20 heavy (non-hydrogen) atoms. The number of hydrogen-bond donors (Lipinski definition) is 0. The van der Waals surface area contributed by atoms with Crippen molar-refractivity contribution in [2.45, 2.75) is 25.7 Å². The van der Waals surface area contributed by atoms with Crippen LogP contribution in [-0.4, -0.2) is 43.9 Å². The molecule has 1 aromatic carbocycles. The minimum absolute atomic E-state index is 0.430. The molecule has 0 aliphatic carbocycles. The molecule has 0 amide bonds. The number of halogens is 2. The second kappa shape index (κ2) is 7.33. The summed E-state index contributed by atoms with van der Waals surface area (Å²) in [4.78, 5) is 13.1. The van der Waals surface area contributed by atoms with Crippen LogP contribution in [0, 0.1) is 0 Å². The Morgan fingerprint density at radius 2 is 1.85 bits per heavy atom. The summed E-state index contributed by atoms with van der Waals surface area (Å²) in [6, 6.07) is 7.18. The van der Waals surface area contributed by atoms with Crippen molar-refractivity contribution < 1.29 is 18.3 Å². The lowest BCUT2D eigenvalue weighted by molar-refractivity contribution is -0.142. The number of hydrogen-bond acceptors (Lipinski definition) is 3. The molecule has 0 heterocycles. The molecule has 5 heteroatoms. The lowest BCUT2D eigenvalue weighted by Crippen LogP contribution is -2.29. The number of aryl methyl sites for hydroxylation is 1. The molecule has 0 spiro atoms. The summed E-state index contributed by atoms with van der Waals surface area (Å²) in [5, 5.41) is 0. The van der Waals surface area contributed by atoms with E-state index >= 15 is 0 Å². The van der Waals surface area contributed by atoms with Crippen molar-refractivity contribution in [3.63, 3.8) is 0 Å². The summed E-state index contributed by atoms with van der Waals surface area (Å²) in [5.74, 6) is -4.13. The fourth-order valence-corrected chi connectivity index (χ4v) is 1.63. The smallest absolute Gasteiger partial charge is 0.306 e. The molecule has 0 saturated carbocycles. The Morgan fingerprint density at radius 3 is 2.35 bits per heavy atom. The molecular weight excluding hydrogens is 264 g/mol. The second-order valence-corrected chi connectivity index (χ2v) is 5.15. The van der Waals surface area contributed by atoms with Crippen molar-refractivity contribution >= 4 is 5.78 Å². The van der Waals surface area contributed by atoms with E-state index in [-0.39, 0.29) is 0 Å². The van der Waals surface area contributed by atoms with Crippen molar-refractivity contribution in [3.8, 4) is 5.75 Å². The normalized spacial score (nSPS) is 11.7. The van der Waals surface area contributed by atoms with Gasteiger partial charge in [-0.05, 0) is 51.2 Å². The molecular formula is C15H21F2NO2. The predicted octanol–water partition coefficient (Wildman–Crippen LogP) is 2.78. The Labute approximate surface area is 118 Å². The molecule has 1 rings (SSSR count). The predicted molar refractivity (Wildman–Crippen MR) is 74.4 cm³/mol. The van der Waals surface area contributed by atoms with Crippen LogP contribution >= 0.6 is 0 Å². The maximum Gasteiger partial charge on any atom is 0.306 e. The topological polar surface area (TPSA) is 29.5 Å². The summed E-state index contributed by atoms with van der Waals surface area (Å²) < 4.78 is 30.4. The first-order valence-corrected chi connectivity index (χ1v) is 6.56. The van der Waals surface area contributed by atoms with E-state index in [0.29, 0.717) is 12.7 Å². The Morgan fingerprint density at radius 1 is 1.25 bits per heavy atom. The summed E-state index contributed by atoms with van der Waals surface area (Å²) in [6.45, 7) is 0.981. The first-order chi connectivity index (χ1) is 9.29. The van der Waals surface area contributed by atoms with Crippen molar-refractivity contribution in [1.82, 2.24) is 4.90 Å². The van der Waals surface area contributed by atoms with Crippen LogP contribution in [0.2, 0.25) is 0 Å². The Balaban J connectivity index is 2.41. The third-order valence-electron chi connectivity index (χ3n) is 2.85. The van der Waals surface area contributed by atoms with E-state index in [1.54, 1.807) is 12.1 Å². The summed E-state index contributed by atoms with van der Waals surface area (Å²) in [7, 11) is 4.05. The van der Waals surface area contributed by atoms with Crippen molar-refractivity contribution in [3.05, 3.63) is 29.8 Å². The zero-order valence-corrected chi connectivity index (χ0v) is 12.2. The molecule has 0 unspecified atom stereocenters. The first kappa shape index (κ1) is 16.6. The van der Waals surface area contributed by atoms with Crippen LogP contribution in [0.25, 0.3) is 0 Å². The van der Waals surface area contributed by atoms with E-state index < -0.39 is 18.3 Å². The number of ether oxygens (including phenoxy) is 1. The first-order valence-electron chi connectivity index (χ1n) is 6.56. The van der Waals surface area contributed by atoms with Gasteiger partial charge in [-0.2, -0.15) is 8.78 Å². The number of carbonyl (C=O) groups is 1. The van der Waals surface area contributed by atoms with Gasteiger partial charge in [0.1, 0.15) is 5.75 Å². The molecule has 0 fully saturated rings. The van der Waals surface area contributed by atoms with Gasteiger partial charge in [-0.15, -0.1) is 0 Å². The maximum absolute atomic E-state index is 12.7. The monoisotopic (exact) mass is 285 g/mol. The largest absolute Gasteiger partial charge is 0.486 e. The van der Waals surface area contributed by atoms with Gasteiger partial charge in [-0.25, -0.2) is 0 Å². The van der Waals surface area contributed by atoms with E-state index in [9.17, 15) is 13.6 Å². The van der Waals surface area contributed by atoms with Gasteiger partial charge in [0.15, 0.2) is 6.61 Å². The van der Waals surface area contributed by atoms with Gasteiger partial charge in [0.05, 0.1) is 0 Å². The van der Waals surface area contributed by atoms with Gasteiger partial charge in [-0.1, -0.05) is 12.1 Å². The Kier molecular flexibility index (Phi) is 6.07. The third kappa shape index (κ3) is 6.10. The molecule has 112 valence electrons. The minimum atomic E-state index is -3.34. The molecule has 0 bridgehead atoms. The highest BCUT2D eigenvalue weighted by Crippen LogP contribution is 2.16. The van der Waals surface area contributed by atoms with Gasteiger partial charge in [0.25, 0.3) is 0 Å². The highest BCUT2D eigenvalue weighted by atomic mass is 19.3. The molecule has 0 radical (unpaired) electrons. The quantitative estimate of drug-likeness (QED) is 0.735. The fraction of sp³-hybridized carbons (Fsp3) is 0.533. The number of benzene rings is 1. The number of rotatable bonds is 8. The highest BCUT2D eigenvalue weighted by Gasteiger charge is 2.32. The maximum atomic E-state index is 12.7. The van der Waals surface area contributed by atoms with Crippen LogP contribution in [0.4, 0.5) is 8.78 Å². The van der Waals surface area contributed by atoms with E-state index in [1.807, 2.05) is 26.2 Å². The zero-order valence-electron chi connectivity index (χ0n) is 12.2. The van der Waals surface area contributed by atoms with Crippen molar-refractivity contribution in [1.29, 1.82) is 0 Å². The molecule has 0 aromatic heterocycles. The van der Waals surface area contributed by atoms with Gasteiger partial charge in [-0.3, -0.25) is 4.79 Å². The fourth-order valence-electron chi connectivity index (χ4n) is 1.63. The average Bonchev–Trinajstić information content (AvgIpc) is 2.36. The van der Waals surface area contributed by atoms with Gasteiger partial charge >= 0.3 is 5.92 Å². The Hall–Kier alpha value is -1.49. The minimum Gasteiger partial charge on any atom is -0.486 e. The summed E-state index contributed by atoms with van der Waals surface area (Å²) in [6.07, 6.45) is 2.00. The number of Topliss-reactive ketones (excluding diaryl/α,β-unsaturated/α-hetero) is 1. The molecule has 0 N–H and O–H groups in total. The van der Waals surface area contributed by atoms with Crippen LogP contribution in [-0.2, 0) is 11.2 Å². The molecule has 0 atom stereocenters. The summed E-state index contributed by atoms with van der Waals surface area (Å²) in [5.41, 5.74) is 1.16. The number of nitrogens with zero attached hydrogens (tertiary/aromatic N) is 1. The molecule has 1 aromatic rings. The zero-order chi connectivity index (χ0) is 15.2. The highest BCUT2D eigenvalue weighted by molar-refractivity contribution is 5.86. The van der Waals surface area contributed by atoms with Gasteiger partial charge in [0.2, 0.25) is 5.78 Å². The molecule has 0 aliphatic heterocycles. The van der Waals surface area contributed by atoms with Crippen LogP contribution in [0.5, 0.6) is 5.75 Å². The summed E-state index contributed by atoms with van der Waals surface area (Å²) >= 11 is 0. The number of ketones is 1. The van der Waals surface area contributed by atoms with Crippen molar-refractivity contribution in [2.24, 2.45) is 0 Å². The van der Waals surface area contributed by atoms with Crippen molar-refractivity contribution in [2.75, 3.05) is 27.2 Å². The van der Waals surface area contributed by atoms with Gasteiger partial charge < -0.3 is 9.64 Å². The Bertz CT molecular complexity index is 424. The van der Waals surface area contributed by atoms with Gasteiger partial charge in [0, 0.05) is 6.92 Å². The van der Waals surface area contributed by atoms with Crippen LogP contribution in [0.1, 0.15) is 18.9 Å². The van der Waals surface area contributed by atoms with E-state index in [2.05, 4.69) is 4.90 Å². The average molecular weight is 285 g/mol. The lowest BCUT2D eigenvalue weighted by atomic mass is 10.1. The van der Waals surface area contributed by atoms with E-state index in [1.165, 1.54) is 0 Å². The number of alkyl halides is 2. The molecule has 3 nitrogen and oxygen atoms in total. The second-order valence-electron chi connectivity index (χ2n) is 5.15. The van der Waals surface area contributed by atoms with Crippen LogP contribution in [0.3, 0.4) is 0 Å². The third-order valence-corrected chi connectivity index (χ3v) is 2.85. The van der Waals surface area contributed by atoms with E-state index in [4.69, 9.17) is 4.74 Å².